The number of hydrogen-bond donors (Lipinski definition) is 0. The number of ether oxygens (including phenoxy) is 1. The molecule has 0 aliphatic rings. The van der Waals surface area contributed by atoms with Crippen molar-refractivity contribution < 1.29 is 4.74 Å². The largest absolute Gasteiger partial charge is 0.489 e. The number of aryl methyl sites for hydroxylation is 3. The quantitative estimate of drug-likeness (QED) is 0.223. The summed E-state index contributed by atoms with van der Waals surface area (Å²) in [6, 6.07) is 22.5. The number of halogens is 1. The van der Waals surface area contributed by atoms with E-state index in [9.17, 15) is 4.79 Å². The lowest BCUT2D eigenvalue weighted by atomic mass is 10.1. The highest BCUT2D eigenvalue weighted by atomic mass is 79.9. The van der Waals surface area contributed by atoms with Gasteiger partial charge in [-0.1, -0.05) is 39.4 Å². The molecule has 0 aliphatic heterocycles. The van der Waals surface area contributed by atoms with Crippen molar-refractivity contribution in [2.75, 3.05) is 0 Å². The Morgan fingerprint density at radius 2 is 1.66 bits per heavy atom. The number of rotatable bonds is 5. The van der Waals surface area contributed by atoms with Gasteiger partial charge in [0.15, 0.2) is 4.96 Å². The van der Waals surface area contributed by atoms with Gasteiger partial charge in [0.1, 0.15) is 12.4 Å². The van der Waals surface area contributed by atoms with E-state index in [0.29, 0.717) is 11.1 Å². The summed E-state index contributed by atoms with van der Waals surface area (Å²) in [5, 5.41) is 0. The number of benzene rings is 3. The van der Waals surface area contributed by atoms with Crippen molar-refractivity contribution in [1.29, 1.82) is 0 Å². The first kappa shape index (κ1) is 24.6. The van der Waals surface area contributed by atoms with Crippen LogP contribution in [0.5, 0.6) is 5.75 Å². The molecule has 6 aromatic rings. The molecule has 0 N–H and O–H groups in total. The lowest BCUT2D eigenvalue weighted by Gasteiger charge is -2.11. The Morgan fingerprint density at radius 1 is 0.947 bits per heavy atom. The zero-order valence-corrected chi connectivity index (χ0v) is 24.0. The van der Waals surface area contributed by atoms with E-state index < -0.39 is 0 Å². The summed E-state index contributed by atoms with van der Waals surface area (Å²) in [4.78, 5) is 18.8. The smallest absolute Gasteiger partial charge is 0.274 e. The fourth-order valence-corrected chi connectivity index (χ4v) is 6.07. The molecule has 0 bridgehead atoms. The molecule has 7 heteroatoms. The Kier molecular flexibility index (Phi) is 6.20. The molecule has 0 spiro atoms. The van der Waals surface area contributed by atoms with Crippen molar-refractivity contribution in [3.63, 3.8) is 0 Å². The van der Waals surface area contributed by atoms with Crippen LogP contribution < -0.4 is 14.8 Å². The van der Waals surface area contributed by atoms with Crippen molar-refractivity contribution in [3.05, 3.63) is 120 Å². The van der Waals surface area contributed by atoms with Crippen molar-refractivity contribution in [2.24, 2.45) is 0 Å². The minimum absolute atomic E-state index is 0.0205. The number of aromatic nitrogens is 3. The van der Waals surface area contributed by atoms with E-state index in [0.717, 1.165) is 60.0 Å². The molecule has 3 aromatic carbocycles. The van der Waals surface area contributed by atoms with Crippen LogP contribution in [0.25, 0.3) is 27.8 Å². The van der Waals surface area contributed by atoms with Gasteiger partial charge in [0.2, 0.25) is 0 Å². The number of imidazole rings is 1. The molecular weight excluding hydrogens is 558 g/mol. The van der Waals surface area contributed by atoms with E-state index in [1.807, 2.05) is 42.5 Å². The summed E-state index contributed by atoms with van der Waals surface area (Å²) in [7, 11) is 0. The summed E-state index contributed by atoms with van der Waals surface area (Å²) in [6.45, 7) is 8.82. The van der Waals surface area contributed by atoms with E-state index >= 15 is 0 Å². The highest BCUT2D eigenvalue weighted by Crippen LogP contribution is 2.25. The van der Waals surface area contributed by atoms with Gasteiger partial charge in [-0.05, 0) is 111 Å². The molecule has 0 atom stereocenters. The van der Waals surface area contributed by atoms with E-state index in [4.69, 9.17) is 9.72 Å². The van der Waals surface area contributed by atoms with Crippen LogP contribution in [0.2, 0.25) is 0 Å². The number of hydrogen-bond acceptors (Lipinski definition) is 4. The molecule has 5 nitrogen and oxygen atoms in total. The van der Waals surface area contributed by atoms with Gasteiger partial charge in [-0.3, -0.25) is 4.79 Å². The van der Waals surface area contributed by atoms with Gasteiger partial charge in [-0.2, -0.15) is 0 Å². The molecule has 0 fully saturated rings. The minimum atomic E-state index is -0.0205. The predicted molar refractivity (Wildman–Crippen MR) is 159 cm³/mol. The van der Waals surface area contributed by atoms with Crippen LogP contribution in [0.4, 0.5) is 0 Å². The maximum atomic E-state index is 13.4. The van der Waals surface area contributed by atoms with Gasteiger partial charge < -0.3 is 9.30 Å². The lowest BCUT2D eigenvalue weighted by Crippen LogP contribution is -2.22. The van der Waals surface area contributed by atoms with Crippen LogP contribution in [0.1, 0.15) is 33.6 Å². The Labute approximate surface area is 232 Å². The van der Waals surface area contributed by atoms with Crippen molar-refractivity contribution in [3.8, 4) is 11.4 Å². The number of thiazole rings is 1. The first-order chi connectivity index (χ1) is 18.3. The van der Waals surface area contributed by atoms with E-state index in [1.54, 1.807) is 4.40 Å². The molecule has 0 unspecified atom stereocenters. The van der Waals surface area contributed by atoms with E-state index in [2.05, 4.69) is 78.5 Å². The Balaban J connectivity index is 1.31. The minimum Gasteiger partial charge on any atom is -0.489 e. The van der Waals surface area contributed by atoms with Gasteiger partial charge in [0.05, 0.1) is 15.6 Å². The second-order valence-electron chi connectivity index (χ2n) is 9.64. The SMILES string of the molecule is Cc1cc2nc3s/c(=C\c4cc(C)n(-c5ccc(OCc6ccc(Br)cc6)cc5)c4C)c(=O)n3c2cc1C. The topological polar surface area (TPSA) is 48.5 Å². The molecule has 0 aliphatic carbocycles. The third kappa shape index (κ3) is 4.36. The van der Waals surface area contributed by atoms with E-state index in [-0.39, 0.29) is 5.56 Å². The van der Waals surface area contributed by atoms with Crippen LogP contribution in [0.15, 0.2) is 76.0 Å². The molecule has 38 heavy (non-hydrogen) atoms. The average Bonchev–Trinajstić information content (AvgIpc) is 3.49. The predicted octanol–water partition coefficient (Wildman–Crippen LogP) is 6.82. The first-order valence-corrected chi connectivity index (χ1v) is 14.0. The molecule has 190 valence electrons. The molecule has 0 saturated heterocycles. The monoisotopic (exact) mass is 583 g/mol. The Morgan fingerprint density at radius 3 is 2.39 bits per heavy atom. The standard InChI is InChI=1S/C31H26BrN3O2S/c1-18-13-27-28(14-19(18)2)35-30(36)29(38-31(35)33-27)16-23-15-20(3)34(21(23)4)25-9-11-26(12-10-25)37-17-22-5-7-24(32)8-6-22/h5-16H,17H2,1-4H3/b29-16-. The summed E-state index contributed by atoms with van der Waals surface area (Å²) in [5.41, 5.74) is 9.42. The van der Waals surface area contributed by atoms with Gasteiger partial charge in [-0.15, -0.1) is 0 Å². The molecule has 6 rings (SSSR count). The highest BCUT2D eigenvalue weighted by molar-refractivity contribution is 9.10. The molecule has 0 radical (unpaired) electrons. The fourth-order valence-electron chi connectivity index (χ4n) is 4.83. The molecule has 0 amide bonds. The van der Waals surface area contributed by atoms with Gasteiger partial charge in [0, 0.05) is 21.5 Å². The van der Waals surface area contributed by atoms with Crippen LogP contribution in [-0.4, -0.2) is 14.0 Å². The van der Waals surface area contributed by atoms with Crippen LogP contribution in [-0.2, 0) is 6.61 Å². The maximum Gasteiger partial charge on any atom is 0.274 e. The summed E-state index contributed by atoms with van der Waals surface area (Å²) >= 11 is 4.90. The van der Waals surface area contributed by atoms with Crippen LogP contribution in [0, 0.1) is 27.7 Å². The van der Waals surface area contributed by atoms with Crippen LogP contribution >= 0.6 is 27.3 Å². The summed E-state index contributed by atoms with van der Waals surface area (Å²) in [6.07, 6.45) is 1.99. The lowest BCUT2D eigenvalue weighted by molar-refractivity contribution is 0.306. The summed E-state index contributed by atoms with van der Waals surface area (Å²) < 4.78 is 11.7. The Hall–Kier alpha value is -3.68. The molecule has 0 saturated carbocycles. The average molecular weight is 585 g/mol. The number of fused-ring (bicyclic) bond motifs is 3. The molecular formula is C31H26BrN3O2S. The van der Waals surface area contributed by atoms with Crippen molar-refractivity contribution >= 4 is 49.3 Å². The maximum absolute atomic E-state index is 13.4. The summed E-state index contributed by atoms with van der Waals surface area (Å²) in [5.74, 6) is 0.821. The first-order valence-electron chi connectivity index (χ1n) is 12.4. The van der Waals surface area contributed by atoms with Gasteiger partial charge in [-0.25, -0.2) is 9.38 Å². The molecule has 3 heterocycles. The fraction of sp³-hybridized carbons (Fsp3) is 0.161. The normalized spacial score (nSPS) is 12.2. The van der Waals surface area contributed by atoms with E-state index in [1.165, 1.54) is 16.9 Å². The third-order valence-corrected chi connectivity index (χ3v) is 8.52. The Bertz CT molecular complexity index is 1930. The van der Waals surface area contributed by atoms with Gasteiger partial charge in [0.25, 0.3) is 5.56 Å². The van der Waals surface area contributed by atoms with Crippen molar-refractivity contribution in [1.82, 2.24) is 14.0 Å². The van der Waals surface area contributed by atoms with Gasteiger partial charge >= 0.3 is 0 Å². The highest BCUT2D eigenvalue weighted by Gasteiger charge is 2.14. The number of nitrogens with zero attached hydrogens (tertiary/aromatic N) is 3. The van der Waals surface area contributed by atoms with Crippen LogP contribution in [0.3, 0.4) is 0 Å². The second kappa shape index (κ2) is 9.57. The third-order valence-electron chi connectivity index (χ3n) is 7.02. The second-order valence-corrected chi connectivity index (χ2v) is 11.6. The zero-order valence-electron chi connectivity index (χ0n) is 21.6. The molecule has 3 aromatic heterocycles. The van der Waals surface area contributed by atoms with Crippen molar-refractivity contribution in [2.45, 2.75) is 34.3 Å². The zero-order chi connectivity index (χ0) is 26.6.